The molecule has 2 bridgehead atoms. The number of carboxylic acid groups (broad SMARTS) is 1. The molecule has 28 heavy (non-hydrogen) atoms. The molecule has 0 radical (unpaired) electrons. The molecule has 0 aromatic heterocycles. The van der Waals surface area contributed by atoms with Gasteiger partial charge in [0, 0.05) is 5.92 Å². The average Bonchev–Trinajstić information content (AvgIpc) is 3.32. The number of rotatable bonds is 9. The van der Waals surface area contributed by atoms with Crippen molar-refractivity contribution in [2.75, 3.05) is 13.2 Å². The summed E-state index contributed by atoms with van der Waals surface area (Å²) in [5.41, 5.74) is 1.16. The maximum Gasteiger partial charge on any atom is 0.341 e. The minimum Gasteiger partial charge on any atom is -0.493 e. The Balaban J connectivity index is 1.35. The standard InChI is InChI=1S/C23H26O5/c24-23(25)15-27-18-8-4-5-16(13-18)9-10-19-20(22-12-11-21(19)28-22)14-26-17-6-2-1-3-7-17/h1-8,13,19-22H,9-12,14-15H2,(H,24,25)/t19-,20+,21-,22+/m0/s1. The number of carbonyl (C=O) groups is 1. The maximum atomic E-state index is 10.7. The zero-order valence-electron chi connectivity index (χ0n) is 15.8. The van der Waals surface area contributed by atoms with Gasteiger partial charge in [-0.15, -0.1) is 0 Å². The van der Waals surface area contributed by atoms with Crippen molar-refractivity contribution in [3.63, 3.8) is 0 Å². The minimum atomic E-state index is -0.967. The van der Waals surface area contributed by atoms with Crippen LogP contribution in [0, 0.1) is 11.8 Å². The molecule has 5 nitrogen and oxygen atoms in total. The molecule has 2 heterocycles. The third-order valence-corrected chi connectivity index (χ3v) is 5.80. The van der Waals surface area contributed by atoms with Gasteiger partial charge < -0.3 is 19.3 Å². The highest BCUT2D eigenvalue weighted by Gasteiger charge is 2.48. The highest BCUT2D eigenvalue weighted by Crippen LogP contribution is 2.45. The van der Waals surface area contributed by atoms with Crippen LogP contribution in [0.3, 0.4) is 0 Å². The van der Waals surface area contributed by atoms with Crippen LogP contribution in [0.2, 0.25) is 0 Å². The lowest BCUT2D eigenvalue weighted by Gasteiger charge is -2.28. The molecule has 2 fully saturated rings. The zero-order chi connectivity index (χ0) is 19.3. The van der Waals surface area contributed by atoms with Gasteiger partial charge in [-0.1, -0.05) is 30.3 Å². The minimum absolute atomic E-state index is 0.309. The van der Waals surface area contributed by atoms with Gasteiger partial charge in [-0.3, -0.25) is 0 Å². The van der Waals surface area contributed by atoms with Gasteiger partial charge in [0.05, 0.1) is 18.8 Å². The van der Waals surface area contributed by atoms with Crippen LogP contribution in [0.5, 0.6) is 11.5 Å². The van der Waals surface area contributed by atoms with E-state index in [1.165, 1.54) is 0 Å². The molecule has 0 saturated carbocycles. The number of para-hydroxylation sites is 1. The summed E-state index contributed by atoms with van der Waals surface area (Å²) in [4.78, 5) is 10.7. The second-order valence-corrected chi connectivity index (χ2v) is 7.61. The Morgan fingerprint density at radius 3 is 2.50 bits per heavy atom. The molecule has 4 atom stereocenters. The van der Waals surface area contributed by atoms with E-state index in [0.717, 1.165) is 37.0 Å². The predicted molar refractivity (Wildman–Crippen MR) is 105 cm³/mol. The molecule has 2 aliphatic heterocycles. The van der Waals surface area contributed by atoms with E-state index in [-0.39, 0.29) is 6.61 Å². The fourth-order valence-corrected chi connectivity index (χ4v) is 4.48. The van der Waals surface area contributed by atoms with E-state index in [2.05, 4.69) is 6.07 Å². The van der Waals surface area contributed by atoms with Gasteiger partial charge in [0.1, 0.15) is 11.5 Å². The molecular formula is C23H26O5. The normalized spacial score (nSPS) is 25.6. The molecule has 2 aliphatic rings. The molecular weight excluding hydrogens is 356 g/mol. The predicted octanol–water partition coefficient (Wildman–Crippen LogP) is 3.96. The van der Waals surface area contributed by atoms with Crippen molar-refractivity contribution < 1.29 is 24.1 Å². The third kappa shape index (κ3) is 4.47. The largest absolute Gasteiger partial charge is 0.493 e. The highest BCUT2D eigenvalue weighted by molar-refractivity contribution is 5.68. The van der Waals surface area contributed by atoms with Crippen molar-refractivity contribution in [2.45, 2.75) is 37.9 Å². The topological polar surface area (TPSA) is 65.0 Å². The first-order valence-electron chi connectivity index (χ1n) is 9.96. The third-order valence-electron chi connectivity index (χ3n) is 5.80. The highest BCUT2D eigenvalue weighted by atomic mass is 16.5. The van der Waals surface area contributed by atoms with Gasteiger partial charge >= 0.3 is 5.97 Å². The number of hydrogen-bond donors (Lipinski definition) is 1. The van der Waals surface area contributed by atoms with Crippen molar-refractivity contribution in [1.29, 1.82) is 0 Å². The quantitative estimate of drug-likeness (QED) is 0.711. The Labute approximate surface area is 165 Å². The Morgan fingerprint density at radius 1 is 0.964 bits per heavy atom. The van der Waals surface area contributed by atoms with E-state index >= 15 is 0 Å². The first-order chi connectivity index (χ1) is 13.7. The summed E-state index contributed by atoms with van der Waals surface area (Å²) in [7, 11) is 0. The molecule has 5 heteroatoms. The smallest absolute Gasteiger partial charge is 0.341 e. The molecule has 2 aromatic rings. The number of aliphatic carboxylic acids is 1. The van der Waals surface area contributed by atoms with Gasteiger partial charge in [-0.25, -0.2) is 4.79 Å². The van der Waals surface area contributed by atoms with Crippen LogP contribution in [0.4, 0.5) is 0 Å². The van der Waals surface area contributed by atoms with Gasteiger partial charge in [-0.2, -0.15) is 0 Å². The van der Waals surface area contributed by atoms with E-state index in [4.69, 9.17) is 19.3 Å². The van der Waals surface area contributed by atoms with Crippen molar-refractivity contribution in [3.8, 4) is 11.5 Å². The van der Waals surface area contributed by atoms with Crippen LogP contribution in [0.1, 0.15) is 24.8 Å². The number of aryl methyl sites for hydroxylation is 1. The monoisotopic (exact) mass is 382 g/mol. The summed E-state index contributed by atoms with van der Waals surface area (Å²) >= 11 is 0. The van der Waals surface area contributed by atoms with Crippen molar-refractivity contribution in [1.82, 2.24) is 0 Å². The SMILES string of the molecule is O=C(O)COc1cccc(CC[C@H]2[C@@H](COc3ccccc3)[C@H]3CC[C@@H]2O3)c1. The zero-order valence-corrected chi connectivity index (χ0v) is 15.8. The molecule has 0 aliphatic carbocycles. The number of fused-ring (bicyclic) bond motifs is 2. The lowest BCUT2D eigenvalue weighted by molar-refractivity contribution is -0.139. The van der Waals surface area contributed by atoms with Crippen LogP contribution in [0.15, 0.2) is 54.6 Å². The van der Waals surface area contributed by atoms with Crippen molar-refractivity contribution in [2.24, 2.45) is 11.8 Å². The van der Waals surface area contributed by atoms with Crippen LogP contribution in [-0.4, -0.2) is 36.5 Å². The van der Waals surface area contributed by atoms with E-state index in [9.17, 15) is 4.79 Å². The summed E-state index contributed by atoms with van der Waals surface area (Å²) < 4.78 is 17.5. The average molecular weight is 382 g/mol. The van der Waals surface area contributed by atoms with Crippen molar-refractivity contribution >= 4 is 5.97 Å². The lowest BCUT2D eigenvalue weighted by Crippen LogP contribution is -2.32. The molecule has 0 amide bonds. The van der Waals surface area contributed by atoms with Gasteiger partial charge in [0.2, 0.25) is 0 Å². The summed E-state index contributed by atoms with van der Waals surface area (Å²) in [6.45, 7) is 0.375. The van der Waals surface area contributed by atoms with Gasteiger partial charge in [-0.05, 0) is 61.4 Å². The van der Waals surface area contributed by atoms with Gasteiger partial charge in [0.25, 0.3) is 0 Å². The number of carboxylic acids is 1. The molecule has 2 saturated heterocycles. The number of hydrogen-bond acceptors (Lipinski definition) is 4. The van der Waals surface area contributed by atoms with E-state index in [1.807, 2.05) is 42.5 Å². The first-order valence-corrected chi connectivity index (χ1v) is 9.96. The van der Waals surface area contributed by atoms with Crippen LogP contribution < -0.4 is 9.47 Å². The first kappa shape index (κ1) is 18.8. The second kappa shape index (κ2) is 8.65. The fourth-order valence-electron chi connectivity index (χ4n) is 4.48. The van der Waals surface area contributed by atoms with E-state index < -0.39 is 5.97 Å². The second-order valence-electron chi connectivity index (χ2n) is 7.61. The van der Waals surface area contributed by atoms with Crippen LogP contribution in [0.25, 0.3) is 0 Å². The summed E-state index contributed by atoms with van der Waals surface area (Å²) in [5, 5.41) is 8.76. The summed E-state index contributed by atoms with van der Waals surface area (Å²) in [5.74, 6) is 1.46. The Morgan fingerprint density at radius 2 is 1.71 bits per heavy atom. The Hall–Kier alpha value is -2.53. The van der Waals surface area contributed by atoms with Crippen LogP contribution >= 0.6 is 0 Å². The van der Waals surface area contributed by atoms with Crippen molar-refractivity contribution in [3.05, 3.63) is 60.2 Å². The van der Waals surface area contributed by atoms with E-state index in [1.54, 1.807) is 6.07 Å². The molecule has 4 rings (SSSR count). The van der Waals surface area contributed by atoms with Crippen LogP contribution in [-0.2, 0) is 16.0 Å². The maximum absolute atomic E-state index is 10.7. The van der Waals surface area contributed by atoms with E-state index in [0.29, 0.717) is 36.4 Å². The molecule has 0 unspecified atom stereocenters. The fraction of sp³-hybridized carbons (Fsp3) is 0.435. The van der Waals surface area contributed by atoms with Gasteiger partial charge in [0.15, 0.2) is 6.61 Å². The molecule has 1 N–H and O–H groups in total. The molecule has 0 spiro atoms. The number of benzene rings is 2. The summed E-state index contributed by atoms with van der Waals surface area (Å²) in [6, 6.07) is 17.7. The summed E-state index contributed by atoms with van der Waals surface area (Å²) in [6.07, 6.45) is 4.86. The number of ether oxygens (including phenoxy) is 3. The molecule has 2 aromatic carbocycles. The lowest BCUT2D eigenvalue weighted by atomic mass is 9.77. The Bertz CT molecular complexity index is 791. The Kier molecular flexibility index (Phi) is 5.81. The molecule has 148 valence electrons.